The fourth-order valence-corrected chi connectivity index (χ4v) is 2.17. The van der Waals surface area contributed by atoms with Crippen molar-refractivity contribution < 1.29 is 14.3 Å². The highest BCUT2D eigenvalue weighted by molar-refractivity contribution is 9.10. The Morgan fingerprint density at radius 2 is 2.05 bits per heavy atom. The summed E-state index contributed by atoms with van der Waals surface area (Å²) in [5.74, 6) is -0.597. The van der Waals surface area contributed by atoms with Crippen LogP contribution in [0.2, 0.25) is 0 Å². The largest absolute Gasteiger partial charge is 0.465 e. The Kier molecular flexibility index (Phi) is 4.89. The lowest BCUT2D eigenvalue weighted by Crippen LogP contribution is -2.36. The van der Waals surface area contributed by atoms with Crippen LogP contribution >= 0.6 is 15.9 Å². The van der Waals surface area contributed by atoms with Crippen molar-refractivity contribution in [3.63, 3.8) is 0 Å². The number of hydrazone groups is 1. The molecule has 0 atom stereocenters. The van der Waals surface area contributed by atoms with E-state index in [-0.39, 0.29) is 12.5 Å². The molecule has 1 aliphatic heterocycles. The van der Waals surface area contributed by atoms with E-state index >= 15 is 0 Å². The number of amides is 1. The Morgan fingerprint density at radius 3 is 2.70 bits per heavy atom. The number of carbonyl (C=O) groups is 2. The minimum absolute atomic E-state index is 0.132. The van der Waals surface area contributed by atoms with E-state index in [0.717, 1.165) is 15.7 Å². The van der Waals surface area contributed by atoms with Crippen molar-refractivity contribution in [1.82, 2.24) is 5.01 Å². The van der Waals surface area contributed by atoms with Crippen molar-refractivity contribution >= 4 is 33.5 Å². The van der Waals surface area contributed by atoms with Crippen LogP contribution < -0.4 is 0 Å². The molecule has 106 valence electrons. The van der Waals surface area contributed by atoms with Gasteiger partial charge in [0.1, 0.15) is 6.54 Å². The van der Waals surface area contributed by atoms with Gasteiger partial charge in [0.25, 0.3) is 0 Å². The van der Waals surface area contributed by atoms with E-state index in [1.54, 1.807) is 6.92 Å². The number of rotatable bonds is 4. The van der Waals surface area contributed by atoms with Crippen LogP contribution in [0.1, 0.15) is 25.3 Å². The van der Waals surface area contributed by atoms with Crippen molar-refractivity contribution in [3.8, 4) is 0 Å². The van der Waals surface area contributed by atoms with Crippen LogP contribution in [-0.4, -0.2) is 35.7 Å². The van der Waals surface area contributed by atoms with E-state index in [0.29, 0.717) is 19.4 Å². The van der Waals surface area contributed by atoms with E-state index in [1.807, 2.05) is 24.3 Å². The molecule has 1 amide bonds. The number of halogens is 1. The van der Waals surface area contributed by atoms with Crippen molar-refractivity contribution in [2.24, 2.45) is 5.10 Å². The molecule has 0 aliphatic carbocycles. The van der Waals surface area contributed by atoms with Gasteiger partial charge in [-0.1, -0.05) is 28.1 Å². The van der Waals surface area contributed by atoms with Crippen molar-refractivity contribution in [2.75, 3.05) is 13.2 Å². The smallest absolute Gasteiger partial charge is 0.327 e. The van der Waals surface area contributed by atoms with Crippen LogP contribution in [0, 0.1) is 0 Å². The summed E-state index contributed by atoms with van der Waals surface area (Å²) in [5.41, 5.74) is 1.76. The van der Waals surface area contributed by atoms with Gasteiger partial charge >= 0.3 is 5.97 Å². The molecule has 0 radical (unpaired) electrons. The first-order valence-electron chi connectivity index (χ1n) is 6.39. The SMILES string of the molecule is CCOC(=O)CN1N=C(c2ccc(Br)cc2)CCC1=O. The highest BCUT2D eigenvalue weighted by Crippen LogP contribution is 2.17. The summed E-state index contributed by atoms with van der Waals surface area (Å²) in [6.07, 6.45) is 0.939. The summed E-state index contributed by atoms with van der Waals surface area (Å²) in [6.45, 7) is 1.89. The molecule has 1 aromatic carbocycles. The summed E-state index contributed by atoms with van der Waals surface area (Å²) >= 11 is 3.38. The molecule has 0 unspecified atom stereocenters. The third kappa shape index (κ3) is 3.66. The summed E-state index contributed by atoms with van der Waals surface area (Å²) < 4.78 is 5.82. The second kappa shape index (κ2) is 6.65. The highest BCUT2D eigenvalue weighted by Gasteiger charge is 2.23. The molecule has 0 spiro atoms. The first kappa shape index (κ1) is 14.7. The monoisotopic (exact) mass is 338 g/mol. The Hall–Kier alpha value is -1.69. The number of nitrogens with zero attached hydrogens (tertiary/aromatic N) is 2. The van der Waals surface area contributed by atoms with Crippen LogP contribution in [0.15, 0.2) is 33.8 Å². The van der Waals surface area contributed by atoms with Gasteiger partial charge in [0.2, 0.25) is 5.91 Å². The minimum Gasteiger partial charge on any atom is -0.465 e. The Labute approximate surface area is 125 Å². The molecule has 1 aliphatic rings. The zero-order valence-electron chi connectivity index (χ0n) is 11.1. The summed E-state index contributed by atoms with van der Waals surface area (Å²) in [6, 6.07) is 7.70. The lowest BCUT2D eigenvalue weighted by Gasteiger charge is -2.22. The number of hydrogen-bond donors (Lipinski definition) is 0. The number of benzene rings is 1. The lowest BCUT2D eigenvalue weighted by atomic mass is 10.0. The van der Waals surface area contributed by atoms with Crippen LogP contribution in [0.4, 0.5) is 0 Å². The van der Waals surface area contributed by atoms with Crippen LogP contribution in [-0.2, 0) is 14.3 Å². The number of esters is 1. The molecular formula is C14H15BrN2O3. The van der Waals surface area contributed by atoms with Crippen molar-refractivity contribution in [1.29, 1.82) is 0 Å². The number of hydrogen-bond acceptors (Lipinski definition) is 4. The van der Waals surface area contributed by atoms with E-state index in [9.17, 15) is 9.59 Å². The quantitative estimate of drug-likeness (QED) is 0.791. The molecule has 0 bridgehead atoms. The van der Waals surface area contributed by atoms with Crippen LogP contribution in [0.5, 0.6) is 0 Å². The third-order valence-corrected chi connectivity index (χ3v) is 3.40. The van der Waals surface area contributed by atoms with E-state index in [2.05, 4.69) is 21.0 Å². The molecule has 1 aromatic rings. The van der Waals surface area contributed by atoms with Gasteiger partial charge in [0.15, 0.2) is 0 Å². The van der Waals surface area contributed by atoms with Gasteiger partial charge in [-0.3, -0.25) is 9.59 Å². The van der Waals surface area contributed by atoms with Gasteiger partial charge in [-0.2, -0.15) is 5.10 Å². The zero-order chi connectivity index (χ0) is 14.5. The van der Waals surface area contributed by atoms with Gasteiger partial charge < -0.3 is 4.74 Å². The number of carbonyl (C=O) groups excluding carboxylic acids is 2. The molecular weight excluding hydrogens is 324 g/mol. The average Bonchev–Trinajstić information content (AvgIpc) is 2.42. The molecule has 0 N–H and O–H groups in total. The Bertz CT molecular complexity index is 540. The maximum atomic E-state index is 11.8. The fraction of sp³-hybridized carbons (Fsp3) is 0.357. The summed E-state index contributed by atoms with van der Waals surface area (Å²) in [4.78, 5) is 23.2. The van der Waals surface area contributed by atoms with Gasteiger partial charge in [-0.05, 0) is 24.6 Å². The lowest BCUT2D eigenvalue weighted by molar-refractivity contribution is -0.149. The average molecular weight is 339 g/mol. The third-order valence-electron chi connectivity index (χ3n) is 2.87. The first-order chi connectivity index (χ1) is 9.60. The standard InChI is InChI=1S/C14H15BrN2O3/c1-2-20-14(19)9-17-13(18)8-7-12(16-17)10-3-5-11(15)6-4-10/h3-6H,2,7-9H2,1H3. The molecule has 6 heteroatoms. The van der Waals surface area contributed by atoms with Crippen molar-refractivity contribution in [2.45, 2.75) is 19.8 Å². The normalized spacial score (nSPS) is 15.0. The molecule has 1 heterocycles. The minimum atomic E-state index is -0.443. The maximum Gasteiger partial charge on any atom is 0.327 e. The molecule has 2 rings (SSSR count). The molecule has 0 fully saturated rings. The summed E-state index contributed by atoms with van der Waals surface area (Å²) in [5, 5.41) is 5.46. The predicted molar refractivity (Wildman–Crippen MR) is 78.3 cm³/mol. The Morgan fingerprint density at radius 1 is 1.35 bits per heavy atom. The van der Waals surface area contributed by atoms with Gasteiger partial charge in [0, 0.05) is 17.3 Å². The molecule has 0 saturated carbocycles. The molecule has 0 saturated heterocycles. The van der Waals surface area contributed by atoms with Crippen LogP contribution in [0.3, 0.4) is 0 Å². The second-order valence-electron chi connectivity index (χ2n) is 4.31. The van der Waals surface area contributed by atoms with E-state index in [1.165, 1.54) is 5.01 Å². The first-order valence-corrected chi connectivity index (χ1v) is 7.19. The molecule has 20 heavy (non-hydrogen) atoms. The molecule has 5 nitrogen and oxygen atoms in total. The number of ether oxygens (including phenoxy) is 1. The zero-order valence-corrected chi connectivity index (χ0v) is 12.7. The fourth-order valence-electron chi connectivity index (χ4n) is 1.90. The Balaban J connectivity index is 2.15. The van der Waals surface area contributed by atoms with Crippen LogP contribution in [0.25, 0.3) is 0 Å². The van der Waals surface area contributed by atoms with E-state index < -0.39 is 5.97 Å². The summed E-state index contributed by atoms with van der Waals surface area (Å²) in [7, 11) is 0. The van der Waals surface area contributed by atoms with Gasteiger partial charge in [-0.15, -0.1) is 0 Å². The van der Waals surface area contributed by atoms with Gasteiger partial charge in [-0.25, -0.2) is 5.01 Å². The highest BCUT2D eigenvalue weighted by atomic mass is 79.9. The predicted octanol–water partition coefficient (Wildman–Crippen LogP) is 2.34. The van der Waals surface area contributed by atoms with Gasteiger partial charge in [0.05, 0.1) is 12.3 Å². The van der Waals surface area contributed by atoms with Crippen molar-refractivity contribution in [3.05, 3.63) is 34.3 Å². The molecule has 0 aromatic heterocycles. The maximum absolute atomic E-state index is 11.8. The topological polar surface area (TPSA) is 59.0 Å². The van der Waals surface area contributed by atoms with E-state index in [4.69, 9.17) is 4.74 Å². The second-order valence-corrected chi connectivity index (χ2v) is 5.23.